The molecule has 0 spiro atoms. The summed E-state index contributed by atoms with van der Waals surface area (Å²) in [6.07, 6.45) is 0.897. The number of hydrogen-bond acceptors (Lipinski definition) is 4. The van der Waals surface area contributed by atoms with E-state index in [0.717, 1.165) is 27.4 Å². The third-order valence-electron chi connectivity index (χ3n) is 5.71. The van der Waals surface area contributed by atoms with E-state index in [1.54, 1.807) is 18.4 Å². The number of amides is 2. The molecule has 1 fully saturated rings. The number of thiophene rings is 1. The van der Waals surface area contributed by atoms with Gasteiger partial charge in [-0.15, -0.1) is 11.3 Å². The van der Waals surface area contributed by atoms with Gasteiger partial charge in [-0.1, -0.05) is 35.9 Å². The highest BCUT2D eigenvalue weighted by Crippen LogP contribution is 2.41. The molecule has 2 atom stereocenters. The zero-order valence-corrected chi connectivity index (χ0v) is 18.5. The summed E-state index contributed by atoms with van der Waals surface area (Å²) in [6, 6.07) is 19.3. The molecule has 6 heteroatoms. The van der Waals surface area contributed by atoms with Gasteiger partial charge in [-0.3, -0.25) is 9.59 Å². The van der Waals surface area contributed by atoms with E-state index in [1.165, 1.54) is 0 Å². The van der Waals surface area contributed by atoms with Crippen LogP contribution in [0.25, 0.3) is 0 Å². The lowest BCUT2D eigenvalue weighted by atomic mass is 9.86. The summed E-state index contributed by atoms with van der Waals surface area (Å²) < 4.78 is 5.19. The fourth-order valence-electron chi connectivity index (χ4n) is 4.03. The van der Waals surface area contributed by atoms with Crippen molar-refractivity contribution in [1.82, 2.24) is 5.32 Å². The number of nitrogens with zero attached hydrogens (tertiary/aromatic N) is 1. The van der Waals surface area contributed by atoms with E-state index < -0.39 is 0 Å². The highest BCUT2D eigenvalue weighted by Gasteiger charge is 2.41. The monoisotopic (exact) mass is 434 g/mol. The van der Waals surface area contributed by atoms with Crippen LogP contribution in [0.2, 0.25) is 0 Å². The van der Waals surface area contributed by atoms with Gasteiger partial charge in [-0.2, -0.15) is 0 Å². The van der Waals surface area contributed by atoms with Gasteiger partial charge in [0.05, 0.1) is 19.1 Å². The molecule has 4 rings (SSSR count). The van der Waals surface area contributed by atoms with Crippen LogP contribution in [-0.2, 0) is 16.1 Å². The van der Waals surface area contributed by atoms with Crippen LogP contribution in [0.3, 0.4) is 0 Å². The van der Waals surface area contributed by atoms with Gasteiger partial charge < -0.3 is 15.0 Å². The number of anilines is 1. The second-order valence-corrected chi connectivity index (χ2v) is 8.75. The number of aryl methyl sites for hydroxylation is 1. The number of rotatable bonds is 6. The fourth-order valence-corrected chi connectivity index (χ4v) is 4.91. The van der Waals surface area contributed by atoms with Crippen LogP contribution in [0.5, 0.6) is 5.75 Å². The first kappa shape index (κ1) is 21.1. The molecule has 1 N–H and O–H groups in total. The van der Waals surface area contributed by atoms with Crippen molar-refractivity contribution in [2.24, 2.45) is 5.92 Å². The summed E-state index contributed by atoms with van der Waals surface area (Å²) in [5.74, 6) is 0.503. The normalized spacial score (nSPS) is 18.6. The summed E-state index contributed by atoms with van der Waals surface area (Å²) in [5.41, 5.74) is 2.97. The Labute approximate surface area is 186 Å². The summed E-state index contributed by atoms with van der Waals surface area (Å²) in [6.45, 7) is 2.46. The Kier molecular flexibility index (Phi) is 6.37. The number of carbonyl (C=O) groups excluding carboxylic acids is 2. The molecule has 2 aromatic carbocycles. The molecule has 0 radical (unpaired) electrons. The number of methoxy groups -OCH3 is 1. The Morgan fingerprint density at radius 1 is 1.13 bits per heavy atom. The molecule has 0 unspecified atom stereocenters. The van der Waals surface area contributed by atoms with Crippen molar-refractivity contribution in [1.29, 1.82) is 0 Å². The number of hydrogen-bond donors (Lipinski definition) is 1. The maximum Gasteiger partial charge on any atom is 0.227 e. The lowest BCUT2D eigenvalue weighted by Crippen LogP contribution is -2.48. The van der Waals surface area contributed by atoms with E-state index in [0.29, 0.717) is 19.4 Å². The van der Waals surface area contributed by atoms with Crippen LogP contribution in [0, 0.1) is 12.8 Å². The van der Waals surface area contributed by atoms with E-state index in [9.17, 15) is 9.59 Å². The molecule has 5 nitrogen and oxygen atoms in total. The van der Waals surface area contributed by atoms with Crippen LogP contribution >= 0.6 is 11.3 Å². The number of carbonyl (C=O) groups is 2. The molecule has 2 heterocycles. The molecule has 0 bridgehead atoms. The summed E-state index contributed by atoms with van der Waals surface area (Å²) in [4.78, 5) is 29.1. The highest BCUT2D eigenvalue weighted by molar-refractivity contribution is 7.10. The van der Waals surface area contributed by atoms with Crippen LogP contribution in [0.1, 0.15) is 34.9 Å². The quantitative estimate of drug-likeness (QED) is 0.602. The van der Waals surface area contributed by atoms with Crippen LogP contribution in [-0.4, -0.2) is 18.9 Å². The lowest BCUT2D eigenvalue weighted by Gasteiger charge is -2.40. The van der Waals surface area contributed by atoms with Gasteiger partial charge >= 0.3 is 0 Å². The lowest BCUT2D eigenvalue weighted by molar-refractivity contribution is -0.129. The van der Waals surface area contributed by atoms with Gasteiger partial charge in [0, 0.05) is 23.5 Å². The number of benzene rings is 2. The topological polar surface area (TPSA) is 58.6 Å². The molecular formula is C25H26N2O3S. The SMILES string of the molecule is COc1ccc(CNC(=O)[C@H]2CCC(=O)N(c3ccc(C)cc3)[C@@H]2c2cccs2)cc1. The number of nitrogens with one attached hydrogen (secondary N) is 1. The van der Waals surface area contributed by atoms with Gasteiger partial charge in [0.15, 0.2) is 0 Å². The first-order valence-electron chi connectivity index (χ1n) is 10.4. The molecule has 1 aliphatic heterocycles. The Morgan fingerprint density at radius 3 is 2.52 bits per heavy atom. The Bertz CT molecular complexity index is 1030. The van der Waals surface area contributed by atoms with Crippen LogP contribution < -0.4 is 15.0 Å². The third-order valence-corrected chi connectivity index (χ3v) is 6.65. The second kappa shape index (κ2) is 9.35. The maximum absolute atomic E-state index is 13.3. The molecule has 0 aliphatic carbocycles. The first-order valence-corrected chi connectivity index (χ1v) is 11.3. The van der Waals surface area contributed by atoms with E-state index in [1.807, 2.05) is 77.9 Å². The Morgan fingerprint density at radius 2 is 1.87 bits per heavy atom. The van der Waals surface area contributed by atoms with Crippen molar-refractivity contribution in [2.45, 2.75) is 32.4 Å². The van der Waals surface area contributed by atoms with E-state index >= 15 is 0 Å². The van der Waals surface area contributed by atoms with Gasteiger partial charge in [0.1, 0.15) is 5.75 Å². The summed E-state index contributed by atoms with van der Waals surface area (Å²) in [7, 11) is 1.63. The summed E-state index contributed by atoms with van der Waals surface area (Å²) in [5, 5.41) is 5.08. The average Bonchev–Trinajstić information content (AvgIpc) is 3.33. The maximum atomic E-state index is 13.3. The molecule has 2 amide bonds. The number of piperidine rings is 1. The second-order valence-electron chi connectivity index (χ2n) is 7.77. The van der Waals surface area contributed by atoms with Crippen molar-refractivity contribution >= 4 is 28.8 Å². The van der Waals surface area contributed by atoms with Gasteiger partial charge in [0.2, 0.25) is 11.8 Å². The predicted octanol–water partition coefficient (Wildman–Crippen LogP) is 4.87. The van der Waals surface area contributed by atoms with Crippen LogP contribution in [0.4, 0.5) is 5.69 Å². The predicted molar refractivity (Wildman–Crippen MR) is 123 cm³/mol. The molecule has 0 saturated carbocycles. The molecule has 1 aliphatic rings. The standard InChI is InChI=1S/C25H26N2O3S/c1-17-5-9-19(10-6-17)27-23(28)14-13-21(24(27)22-4-3-15-31-22)25(29)26-16-18-7-11-20(30-2)12-8-18/h3-12,15,21,24H,13-14,16H2,1-2H3,(H,26,29)/t21-,24-/m0/s1. The molecule has 3 aromatic rings. The zero-order chi connectivity index (χ0) is 21.8. The fraction of sp³-hybridized carbons (Fsp3) is 0.280. The smallest absolute Gasteiger partial charge is 0.227 e. The van der Waals surface area contributed by atoms with Crippen molar-refractivity contribution in [3.05, 3.63) is 82.0 Å². The van der Waals surface area contributed by atoms with Gasteiger partial charge in [-0.25, -0.2) is 0 Å². The molecule has 160 valence electrons. The molecule has 1 saturated heterocycles. The average molecular weight is 435 g/mol. The first-order chi connectivity index (χ1) is 15.1. The minimum atomic E-state index is -0.309. The Balaban J connectivity index is 1.58. The number of ether oxygens (including phenoxy) is 1. The minimum absolute atomic E-state index is 0.0289. The minimum Gasteiger partial charge on any atom is -0.497 e. The van der Waals surface area contributed by atoms with Crippen LogP contribution in [0.15, 0.2) is 66.0 Å². The Hall–Kier alpha value is -3.12. The van der Waals surface area contributed by atoms with E-state index in [-0.39, 0.29) is 23.8 Å². The van der Waals surface area contributed by atoms with Crippen molar-refractivity contribution in [3.8, 4) is 5.75 Å². The van der Waals surface area contributed by atoms with Crippen molar-refractivity contribution in [2.75, 3.05) is 12.0 Å². The highest BCUT2D eigenvalue weighted by atomic mass is 32.1. The summed E-state index contributed by atoms with van der Waals surface area (Å²) >= 11 is 1.58. The van der Waals surface area contributed by atoms with Crippen molar-refractivity contribution < 1.29 is 14.3 Å². The molecular weight excluding hydrogens is 408 g/mol. The largest absolute Gasteiger partial charge is 0.497 e. The van der Waals surface area contributed by atoms with Gasteiger partial charge in [0.25, 0.3) is 0 Å². The van der Waals surface area contributed by atoms with Crippen molar-refractivity contribution in [3.63, 3.8) is 0 Å². The van der Waals surface area contributed by atoms with E-state index in [4.69, 9.17) is 4.74 Å². The van der Waals surface area contributed by atoms with Gasteiger partial charge in [-0.05, 0) is 54.6 Å². The zero-order valence-electron chi connectivity index (χ0n) is 17.7. The molecule has 1 aromatic heterocycles. The van der Waals surface area contributed by atoms with E-state index in [2.05, 4.69) is 5.32 Å². The third kappa shape index (κ3) is 4.64. The molecule has 31 heavy (non-hydrogen) atoms.